The summed E-state index contributed by atoms with van der Waals surface area (Å²) < 4.78 is 12.2. The first-order chi connectivity index (χ1) is 22.8. The lowest BCUT2D eigenvalue weighted by Crippen LogP contribution is -2.38. The van der Waals surface area contributed by atoms with Crippen molar-refractivity contribution in [3.05, 3.63) is 72.4 Å². The number of unbranched alkanes of at least 4 members (excludes halogenated alkanes) is 1. The Morgan fingerprint density at radius 1 is 0.957 bits per heavy atom. The normalized spacial score (nSPS) is 20.2. The van der Waals surface area contributed by atoms with Crippen molar-refractivity contribution in [2.24, 2.45) is 0 Å². The van der Waals surface area contributed by atoms with Crippen LogP contribution in [0.3, 0.4) is 0 Å². The van der Waals surface area contributed by atoms with E-state index < -0.39 is 30.6 Å². The molecule has 0 aliphatic carbocycles. The Kier molecular flexibility index (Phi) is 16.7. The number of nitrogen functional groups attached to an aromatic ring is 1. The second kappa shape index (κ2) is 21.0. The van der Waals surface area contributed by atoms with E-state index in [0.717, 1.165) is 44.9 Å². The summed E-state index contributed by atoms with van der Waals surface area (Å²) in [5.41, 5.74) is 6.25. The van der Waals surface area contributed by atoms with Gasteiger partial charge in [-0.2, -0.15) is 0 Å². The number of allylic oxidation sites excluding steroid dienone is 10. The number of carbonyl (C=O) groups is 2. The van der Waals surface area contributed by atoms with Gasteiger partial charge in [0, 0.05) is 19.5 Å². The summed E-state index contributed by atoms with van der Waals surface area (Å²) in [5.74, 6) is -0.00879. The van der Waals surface area contributed by atoms with E-state index >= 15 is 0 Å². The van der Waals surface area contributed by atoms with E-state index in [1.54, 1.807) is 0 Å². The average Bonchev–Trinajstić information content (AvgIpc) is 3.54. The van der Waals surface area contributed by atoms with E-state index in [9.17, 15) is 19.8 Å². The van der Waals surface area contributed by atoms with Crippen molar-refractivity contribution < 1.29 is 29.3 Å². The Morgan fingerprint density at radius 2 is 1.57 bits per heavy atom. The number of nitrogens with zero attached hydrogens (tertiary/aromatic N) is 4. The number of aliphatic hydroxyl groups is 2. The highest BCUT2D eigenvalue weighted by atomic mass is 35.5. The molecule has 256 valence electrons. The molecular formula is C33H46ClN7O6. The van der Waals surface area contributed by atoms with Gasteiger partial charge in [-0.3, -0.25) is 9.36 Å². The number of fused-ring (bicyclic) bond motifs is 1. The molecule has 47 heavy (non-hydrogen) atoms. The summed E-state index contributed by atoms with van der Waals surface area (Å²) in [6.07, 6.45) is 23.7. The molecule has 0 saturated carbocycles. The van der Waals surface area contributed by atoms with Crippen LogP contribution in [0.2, 0.25) is 5.28 Å². The van der Waals surface area contributed by atoms with Crippen LogP contribution in [0.5, 0.6) is 0 Å². The van der Waals surface area contributed by atoms with Gasteiger partial charge in [0.25, 0.3) is 0 Å². The number of nitrogens with two attached hydrogens (primary N) is 1. The van der Waals surface area contributed by atoms with Gasteiger partial charge in [-0.15, -0.1) is 0 Å². The zero-order valence-electron chi connectivity index (χ0n) is 26.7. The summed E-state index contributed by atoms with van der Waals surface area (Å²) in [6.45, 7) is 2.17. The fourth-order valence-corrected chi connectivity index (χ4v) is 4.88. The van der Waals surface area contributed by atoms with Crippen LogP contribution >= 0.6 is 11.6 Å². The second-order valence-electron chi connectivity index (χ2n) is 10.7. The lowest BCUT2D eigenvalue weighted by molar-refractivity contribution is -0.121. The van der Waals surface area contributed by atoms with Crippen LogP contribution < -0.4 is 16.4 Å². The molecule has 4 unspecified atom stereocenters. The molecule has 0 aromatic carbocycles. The zero-order chi connectivity index (χ0) is 33.9. The molecular weight excluding hydrogens is 626 g/mol. The molecule has 1 saturated heterocycles. The van der Waals surface area contributed by atoms with Crippen LogP contribution in [0, 0.1) is 0 Å². The molecule has 3 rings (SSSR count). The van der Waals surface area contributed by atoms with Gasteiger partial charge in [0.15, 0.2) is 23.2 Å². The lowest BCUT2D eigenvalue weighted by atomic mass is 10.1. The number of anilines is 1. The molecule has 2 aromatic rings. The molecule has 4 atom stereocenters. The van der Waals surface area contributed by atoms with E-state index in [1.165, 1.54) is 10.9 Å². The van der Waals surface area contributed by atoms with Crippen LogP contribution in [0.4, 0.5) is 10.6 Å². The third-order valence-corrected chi connectivity index (χ3v) is 7.35. The van der Waals surface area contributed by atoms with E-state index in [4.69, 9.17) is 26.8 Å². The number of ether oxygens (including phenoxy) is 2. The first-order valence-electron chi connectivity index (χ1n) is 15.9. The van der Waals surface area contributed by atoms with Crippen molar-refractivity contribution in [3.63, 3.8) is 0 Å². The largest absolute Gasteiger partial charge is 0.447 e. The van der Waals surface area contributed by atoms with Crippen molar-refractivity contribution >= 4 is 40.6 Å². The van der Waals surface area contributed by atoms with Crippen LogP contribution in [0.15, 0.2) is 67.1 Å². The molecule has 0 spiro atoms. The summed E-state index contributed by atoms with van der Waals surface area (Å²) in [5, 5.41) is 26.2. The number of hydrogen-bond acceptors (Lipinski definition) is 10. The van der Waals surface area contributed by atoms with Gasteiger partial charge in [0.1, 0.15) is 31.2 Å². The Balaban J connectivity index is 1.21. The summed E-state index contributed by atoms with van der Waals surface area (Å²) in [6, 6.07) is 0. The Morgan fingerprint density at radius 3 is 2.23 bits per heavy atom. The van der Waals surface area contributed by atoms with Gasteiger partial charge < -0.3 is 36.1 Å². The number of aromatic nitrogens is 4. The number of carbonyl (C=O) groups excluding carboxylic acids is 2. The zero-order valence-corrected chi connectivity index (χ0v) is 27.5. The number of imidazole rings is 1. The topological polar surface area (TPSA) is 187 Å². The van der Waals surface area contributed by atoms with E-state index in [2.05, 4.69) is 93.3 Å². The molecule has 0 bridgehead atoms. The number of alkyl carbamates (subject to hydrolysis) is 1. The Labute approximate surface area is 280 Å². The molecule has 2 amide bonds. The first kappa shape index (κ1) is 37.4. The predicted molar refractivity (Wildman–Crippen MR) is 181 cm³/mol. The Hall–Kier alpha value is -4.04. The number of hydrogen-bond donors (Lipinski definition) is 5. The van der Waals surface area contributed by atoms with Gasteiger partial charge >= 0.3 is 6.09 Å². The van der Waals surface area contributed by atoms with E-state index in [0.29, 0.717) is 6.42 Å². The highest BCUT2D eigenvalue weighted by Gasteiger charge is 2.45. The van der Waals surface area contributed by atoms with E-state index in [-0.39, 0.29) is 47.9 Å². The molecule has 2 aromatic heterocycles. The summed E-state index contributed by atoms with van der Waals surface area (Å²) >= 11 is 6.21. The fraction of sp³-hybridized carbons (Fsp3) is 0.485. The van der Waals surface area contributed by atoms with Crippen molar-refractivity contribution in [2.45, 2.75) is 82.8 Å². The van der Waals surface area contributed by atoms with Crippen LogP contribution in [-0.2, 0) is 14.3 Å². The van der Waals surface area contributed by atoms with Crippen molar-refractivity contribution in [2.75, 3.05) is 25.4 Å². The highest BCUT2D eigenvalue weighted by molar-refractivity contribution is 6.29. The molecule has 1 aliphatic heterocycles. The molecule has 1 fully saturated rings. The summed E-state index contributed by atoms with van der Waals surface area (Å²) in [7, 11) is 0. The van der Waals surface area contributed by atoms with Gasteiger partial charge in [-0.05, 0) is 56.5 Å². The monoisotopic (exact) mass is 671 g/mol. The minimum Gasteiger partial charge on any atom is -0.447 e. The first-order valence-corrected chi connectivity index (χ1v) is 16.3. The Bertz CT molecular complexity index is 1420. The average molecular weight is 672 g/mol. The molecule has 1 aliphatic rings. The molecule has 6 N–H and O–H groups in total. The number of aliphatic hydroxyl groups excluding tert-OH is 2. The van der Waals surface area contributed by atoms with E-state index in [1.807, 2.05) is 0 Å². The summed E-state index contributed by atoms with van der Waals surface area (Å²) in [4.78, 5) is 36.2. The van der Waals surface area contributed by atoms with Gasteiger partial charge in [-0.1, -0.05) is 67.7 Å². The molecule has 14 heteroatoms. The maximum absolute atomic E-state index is 12.1. The molecule has 0 radical (unpaired) electrons. The molecule has 13 nitrogen and oxygen atoms in total. The maximum Gasteiger partial charge on any atom is 0.407 e. The minimum atomic E-state index is -1.41. The molecule has 3 heterocycles. The van der Waals surface area contributed by atoms with Crippen molar-refractivity contribution in [3.8, 4) is 0 Å². The SMILES string of the molecule is CCC=CCC=CCC=CCC=CCC=CCCCC(=O)NCCNC(=O)OCC1OC(n2c(Cl)nc3c(N)ncnc32)C(O)C1O. The van der Waals surface area contributed by atoms with Gasteiger partial charge in [0.05, 0.1) is 0 Å². The van der Waals surface area contributed by atoms with Crippen molar-refractivity contribution in [1.82, 2.24) is 30.2 Å². The predicted octanol–water partition coefficient (Wildman–Crippen LogP) is 4.45. The maximum atomic E-state index is 12.1. The minimum absolute atomic E-state index is 0.0704. The standard InChI is InChI=1S/C33H46ClN7O6/c1-2-3-4-5-6-7-8-9-10-11-12-13-14-15-16-17-18-19-25(42)36-20-21-37-33(45)46-22-24-27(43)28(44)31(47-24)41-30-26(40-32(41)34)29(35)38-23-39-30/h3-4,6-7,9-10,12-13,15-16,23-24,27-28,31,43-44H,2,5,8,11,14,17-22H2,1H3,(H,36,42)(H,37,45)(H2,35,38,39). The van der Waals surface area contributed by atoms with Crippen LogP contribution in [-0.4, -0.2) is 79.7 Å². The third kappa shape index (κ3) is 12.6. The number of halogens is 1. The van der Waals surface area contributed by atoms with Gasteiger partial charge in [-0.25, -0.2) is 19.7 Å². The van der Waals surface area contributed by atoms with Crippen molar-refractivity contribution in [1.29, 1.82) is 0 Å². The quantitative estimate of drug-likeness (QED) is 0.0812. The van der Waals surface area contributed by atoms with Gasteiger partial charge in [0.2, 0.25) is 11.2 Å². The third-order valence-electron chi connectivity index (χ3n) is 7.08. The number of nitrogens with one attached hydrogen (secondary N) is 2. The van der Waals surface area contributed by atoms with Crippen LogP contribution in [0.25, 0.3) is 11.2 Å². The fourth-order valence-electron chi connectivity index (χ4n) is 4.62. The second-order valence-corrected chi connectivity index (χ2v) is 11.0. The lowest BCUT2D eigenvalue weighted by Gasteiger charge is -2.17. The highest BCUT2D eigenvalue weighted by Crippen LogP contribution is 2.35. The van der Waals surface area contributed by atoms with Crippen LogP contribution in [0.1, 0.15) is 64.5 Å². The smallest absolute Gasteiger partial charge is 0.407 e. The number of rotatable bonds is 19. The number of amides is 2.